The number of rotatable bonds is 2. The van der Waals surface area contributed by atoms with Crippen LogP contribution in [-0.2, 0) is 0 Å². The molecule has 0 saturated carbocycles. The van der Waals surface area contributed by atoms with E-state index < -0.39 is 0 Å². The first-order chi connectivity index (χ1) is 13.3. The van der Waals surface area contributed by atoms with E-state index >= 15 is 0 Å². The highest BCUT2D eigenvalue weighted by Crippen LogP contribution is 2.19. The number of hydrogen-bond donors (Lipinski definition) is 2. The van der Waals surface area contributed by atoms with Gasteiger partial charge in [0, 0.05) is 37.6 Å². The predicted molar refractivity (Wildman–Crippen MR) is 127 cm³/mol. The van der Waals surface area contributed by atoms with E-state index in [2.05, 4.69) is 84.5 Å². The van der Waals surface area contributed by atoms with E-state index in [1.165, 1.54) is 22.3 Å². The monoisotopic (exact) mass is 412 g/mol. The molecule has 4 nitrogen and oxygen atoms in total. The molecule has 6 heteroatoms. The second-order valence-corrected chi connectivity index (χ2v) is 8.24. The molecule has 3 rings (SSSR count). The molecule has 1 fully saturated rings. The minimum absolute atomic E-state index is 0.778. The lowest BCUT2D eigenvalue weighted by Gasteiger charge is -2.37. The van der Waals surface area contributed by atoms with E-state index in [9.17, 15) is 0 Å². The Kier molecular flexibility index (Phi) is 6.52. The minimum Gasteiger partial charge on any atom is -0.345 e. The summed E-state index contributed by atoms with van der Waals surface area (Å²) < 4.78 is 0. The fraction of sp³-hybridized carbons (Fsp3) is 0.364. The first kappa shape index (κ1) is 20.6. The Bertz CT molecular complexity index is 813. The van der Waals surface area contributed by atoms with Gasteiger partial charge in [0.05, 0.1) is 0 Å². The zero-order valence-corrected chi connectivity index (χ0v) is 18.6. The third kappa shape index (κ3) is 5.00. The number of nitrogens with one attached hydrogen (secondary N) is 2. The topological polar surface area (TPSA) is 30.5 Å². The van der Waals surface area contributed by atoms with E-state index in [-0.39, 0.29) is 0 Å². The fourth-order valence-corrected chi connectivity index (χ4v) is 3.99. The van der Waals surface area contributed by atoms with Gasteiger partial charge in [-0.25, -0.2) is 0 Å². The van der Waals surface area contributed by atoms with Gasteiger partial charge in [0.1, 0.15) is 0 Å². The van der Waals surface area contributed by atoms with Crippen LogP contribution >= 0.6 is 24.4 Å². The van der Waals surface area contributed by atoms with Crippen LogP contribution in [0.2, 0.25) is 0 Å². The van der Waals surface area contributed by atoms with Crippen molar-refractivity contribution in [2.45, 2.75) is 27.7 Å². The SMILES string of the molecule is Cc1ccc(NC(=S)N2CCN(C(=S)Nc3ccc(C)cc3C)CC2)c(C)c1. The van der Waals surface area contributed by atoms with E-state index in [0.29, 0.717) is 0 Å². The van der Waals surface area contributed by atoms with Crippen molar-refractivity contribution in [3.05, 3.63) is 58.7 Å². The van der Waals surface area contributed by atoms with E-state index in [4.69, 9.17) is 24.4 Å². The molecule has 0 aromatic heterocycles. The standard InChI is InChI=1S/C22H28N4S2/c1-15-5-7-19(17(3)13-15)23-21(27)25-9-11-26(12-10-25)22(28)24-20-8-6-16(2)14-18(20)4/h5-8,13-14H,9-12H2,1-4H3,(H,23,27)(H,24,28). The van der Waals surface area contributed by atoms with Crippen molar-refractivity contribution in [1.29, 1.82) is 0 Å². The first-order valence-electron chi connectivity index (χ1n) is 9.60. The van der Waals surface area contributed by atoms with Gasteiger partial charge in [-0.15, -0.1) is 0 Å². The average Bonchev–Trinajstić information content (AvgIpc) is 2.66. The van der Waals surface area contributed by atoms with Crippen LogP contribution in [0.5, 0.6) is 0 Å². The Morgan fingerprint density at radius 1 is 0.679 bits per heavy atom. The molecule has 28 heavy (non-hydrogen) atoms. The summed E-state index contributed by atoms with van der Waals surface area (Å²) in [5.41, 5.74) is 7.08. The molecule has 148 valence electrons. The molecule has 0 radical (unpaired) electrons. The third-order valence-electron chi connectivity index (χ3n) is 5.10. The predicted octanol–water partition coefficient (Wildman–Crippen LogP) is 4.63. The smallest absolute Gasteiger partial charge is 0.173 e. The van der Waals surface area contributed by atoms with Crippen molar-refractivity contribution in [3.63, 3.8) is 0 Å². The molecule has 0 aliphatic carbocycles. The van der Waals surface area contributed by atoms with Crippen molar-refractivity contribution >= 4 is 46.0 Å². The number of anilines is 2. The van der Waals surface area contributed by atoms with Crippen LogP contribution in [0.15, 0.2) is 36.4 Å². The van der Waals surface area contributed by atoms with Gasteiger partial charge >= 0.3 is 0 Å². The minimum atomic E-state index is 0.778. The molecule has 2 aromatic carbocycles. The average molecular weight is 413 g/mol. The van der Waals surface area contributed by atoms with Gasteiger partial charge in [-0.3, -0.25) is 0 Å². The molecule has 1 aliphatic heterocycles. The number of aryl methyl sites for hydroxylation is 4. The van der Waals surface area contributed by atoms with Crippen LogP contribution < -0.4 is 10.6 Å². The summed E-state index contributed by atoms with van der Waals surface area (Å²) in [5, 5.41) is 8.34. The van der Waals surface area contributed by atoms with Crippen molar-refractivity contribution in [3.8, 4) is 0 Å². The lowest BCUT2D eigenvalue weighted by Crippen LogP contribution is -2.52. The largest absolute Gasteiger partial charge is 0.345 e. The second kappa shape index (κ2) is 8.88. The lowest BCUT2D eigenvalue weighted by atomic mass is 10.1. The highest BCUT2D eigenvalue weighted by molar-refractivity contribution is 7.80. The summed E-state index contributed by atoms with van der Waals surface area (Å²) in [4.78, 5) is 4.43. The normalized spacial score (nSPS) is 14.0. The van der Waals surface area contributed by atoms with Crippen LogP contribution in [0.1, 0.15) is 22.3 Å². The van der Waals surface area contributed by atoms with Crippen LogP contribution in [0.3, 0.4) is 0 Å². The first-order valence-corrected chi connectivity index (χ1v) is 10.4. The van der Waals surface area contributed by atoms with Gasteiger partial charge in [0.25, 0.3) is 0 Å². The Morgan fingerprint density at radius 2 is 1.04 bits per heavy atom. The van der Waals surface area contributed by atoms with Crippen molar-refractivity contribution in [1.82, 2.24) is 9.80 Å². The zero-order valence-electron chi connectivity index (χ0n) is 17.0. The van der Waals surface area contributed by atoms with E-state index in [0.717, 1.165) is 47.8 Å². The van der Waals surface area contributed by atoms with Gasteiger partial charge in [-0.05, 0) is 75.4 Å². The molecule has 1 aliphatic rings. The summed E-state index contributed by atoms with van der Waals surface area (Å²) in [7, 11) is 0. The van der Waals surface area contributed by atoms with Gasteiger partial charge in [0.15, 0.2) is 10.2 Å². The molecular formula is C22H28N4S2. The summed E-state index contributed by atoms with van der Waals surface area (Å²) in [6.07, 6.45) is 0. The highest BCUT2D eigenvalue weighted by atomic mass is 32.1. The van der Waals surface area contributed by atoms with Crippen LogP contribution in [0, 0.1) is 27.7 Å². The molecule has 0 amide bonds. The number of piperazine rings is 1. The Hall–Kier alpha value is -2.18. The number of hydrogen-bond acceptors (Lipinski definition) is 2. The Balaban J connectivity index is 1.53. The van der Waals surface area contributed by atoms with E-state index in [1.807, 2.05) is 0 Å². The van der Waals surface area contributed by atoms with E-state index in [1.54, 1.807) is 0 Å². The Labute approximate surface area is 178 Å². The second-order valence-electron chi connectivity index (χ2n) is 7.47. The molecule has 0 bridgehead atoms. The van der Waals surface area contributed by atoms with Crippen LogP contribution in [-0.4, -0.2) is 46.2 Å². The lowest BCUT2D eigenvalue weighted by molar-refractivity contribution is 0.264. The Morgan fingerprint density at radius 3 is 1.36 bits per heavy atom. The van der Waals surface area contributed by atoms with Crippen LogP contribution in [0.4, 0.5) is 11.4 Å². The molecule has 0 atom stereocenters. The summed E-state index contributed by atoms with van der Waals surface area (Å²) in [6, 6.07) is 12.7. The molecule has 2 aromatic rings. The molecule has 0 spiro atoms. The van der Waals surface area contributed by atoms with Gasteiger partial charge in [0.2, 0.25) is 0 Å². The molecule has 1 heterocycles. The van der Waals surface area contributed by atoms with Crippen molar-refractivity contribution < 1.29 is 0 Å². The number of nitrogens with zero attached hydrogens (tertiary/aromatic N) is 2. The molecule has 0 unspecified atom stereocenters. The summed E-state index contributed by atoms with van der Waals surface area (Å²) in [5.74, 6) is 0. The highest BCUT2D eigenvalue weighted by Gasteiger charge is 2.21. The molecule has 1 saturated heterocycles. The summed E-state index contributed by atoms with van der Waals surface area (Å²) >= 11 is 11.3. The van der Waals surface area contributed by atoms with Crippen molar-refractivity contribution in [2.24, 2.45) is 0 Å². The molecular weight excluding hydrogens is 384 g/mol. The molecule has 2 N–H and O–H groups in total. The zero-order chi connectivity index (χ0) is 20.3. The quantitative estimate of drug-likeness (QED) is 0.699. The maximum absolute atomic E-state index is 5.63. The maximum atomic E-state index is 5.63. The summed E-state index contributed by atoms with van der Waals surface area (Å²) in [6.45, 7) is 11.8. The van der Waals surface area contributed by atoms with Crippen LogP contribution in [0.25, 0.3) is 0 Å². The number of benzene rings is 2. The van der Waals surface area contributed by atoms with Crippen molar-refractivity contribution in [2.75, 3.05) is 36.8 Å². The fourth-order valence-electron chi connectivity index (χ4n) is 3.41. The van der Waals surface area contributed by atoms with Gasteiger partial charge in [-0.1, -0.05) is 35.4 Å². The van der Waals surface area contributed by atoms with Gasteiger partial charge < -0.3 is 20.4 Å². The van der Waals surface area contributed by atoms with Gasteiger partial charge in [-0.2, -0.15) is 0 Å². The third-order valence-corrected chi connectivity index (χ3v) is 5.82. The number of thiocarbonyl (C=S) groups is 2. The maximum Gasteiger partial charge on any atom is 0.173 e.